The number of benzene rings is 2. The largest absolute Gasteiger partial charge is 0.448 e. The van der Waals surface area contributed by atoms with Crippen LogP contribution < -0.4 is 0 Å². The topological polar surface area (TPSA) is 80.0 Å². The number of aliphatic hydroxyl groups is 1. The molecular weight excluding hydrogens is 440 g/mol. The molecule has 4 heterocycles. The van der Waals surface area contributed by atoms with Gasteiger partial charge in [-0.15, -0.1) is 0 Å². The fraction of sp³-hybridized carbons (Fsp3) is 0.321. The summed E-state index contributed by atoms with van der Waals surface area (Å²) in [5.41, 5.74) is 4.54. The lowest BCUT2D eigenvalue weighted by Gasteiger charge is -2.43. The summed E-state index contributed by atoms with van der Waals surface area (Å²) in [4.78, 5) is 23.9. The summed E-state index contributed by atoms with van der Waals surface area (Å²) in [6, 6.07) is 18.4. The molecule has 2 fully saturated rings. The van der Waals surface area contributed by atoms with Crippen molar-refractivity contribution in [2.45, 2.75) is 49.3 Å². The molecule has 0 saturated carbocycles. The molecule has 1 aliphatic carbocycles. The number of rotatable bonds is 3. The summed E-state index contributed by atoms with van der Waals surface area (Å²) in [6.07, 6.45) is 7.68. The van der Waals surface area contributed by atoms with E-state index < -0.39 is 5.60 Å². The second-order valence-electron chi connectivity index (χ2n) is 9.97. The number of amides is 1. The minimum absolute atomic E-state index is 0.0383. The Bertz CT molecular complexity index is 1390. The lowest BCUT2D eigenvalue weighted by molar-refractivity contribution is -0.0564. The van der Waals surface area contributed by atoms with Gasteiger partial charge >= 0.3 is 6.09 Å². The first-order chi connectivity index (χ1) is 17.1. The van der Waals surface area contributed by atoms with Gasteiger partial charge in [-0.3, -0.25) is 4.40 Å². The van der Waals surface area contributed by atoms with Crippen LogP contribution >= 0.6 is 0 Å². The highest BCUT2D eigenvalue weighted by Crippen LogP contribution is 2.47. The van der Waals surface area contributed by atoms with Crippen LogP contribution in [0.1, 0.15) is 48.4 Å². The van der Waals surface area contributed by atoms with Gasteiger partial charge < -0.3 is 14.7 Å². The first-order valence-electron chi connectivity index (χ1n) is 12.3. The zero-order chi connectivity index (χ0) is 23.6. The molecule has 0 radical (unpaired) electrons. The standard InChI is InChI=1S/C28H26N4O3/c33-27(35-17-24-22-8-3-1-6-20(22)21-7-2-4-9-23(21)24)32-18-10-11-19(32)15-28(34,14-18)25-16-30-26-29-12-5-13-31(25)26/h1-9,12-13,16,18-19,24,34H,10-11,14-15,17H2. The SMILES string of the molecule is O=C(OCC1c2ccccc2-c2ccccc21)N1C2CCC1CC(O)(c1cnc3ncccn13)C2. The van der Waals surface area contributed by atoms with Gasteiger partial charge in [0.1, 0.15) is 12.2 Å². The molecule has 3 aliphatic rings. The number of nitrogens with zero attached hydrogens (tertiary/aromatic N) is 4. The molecule has 0 spiro atoms. The molecule has 176 valence electrons. The summed E-state index contributed by atoms with van der Waals surface area (Å²) in [7, 11) is 0. The molecule has 2 bridgehead atoms. The molecule has 7 rings (SSSR count). The molecule has 2 aliphatic heterocycles. The van der Waals surface area contributed by atoms with Gasteiger partial charge in [0.25, 0.3) is 0 Å². The predicted octanol–water partition coefficient (Wildman–Crippen LogP) is 4.49. The van der Waals surface area contributed by atoms with Crippen molar-refractivity contribution in [1.29, 1.82) is 0 Å². The van der Waals surface area contributed by atoms with Gasteiger partial charge in [-0.1, -0.05) is 48.5 Å². The van der Waals surface area contributed by atoms with Crippen LogP contribution in [0, 0.1) is 0 Å². The van der Waals surface area contributed by atoms with Crippen molar-refractivity contribution in [2.75, 3.05) is 6.61 Å². The van der Waals surface area contributed by atoms with Crippen molar-refractivity contribution in [3.05, 3.63) is 90.0 Å². The lowest BCUT2D eigenvalue weighted by Crippen LogP contribution is -2.52. The van der Waals surface area contributed by atoms with Crippen LogP contribution in [-0.4, -0.2) is 49.2 Å². The first kappa shape index (κ1) is 20.6. The summed E-state index contributed by atoms with van der Waals surface area (Å²) >= 11 is 0. The molecule has 35 heavy (non-hydrogen) atoms. The Labute approximate surface area is 203 Å². The zero-order valence-electron chi connectivity index (χ0n) is 19.2. The highest BCUT2D eigenvalue weighted by Gasteiger charge is 2.51. The van der Waals surface area contributed by atoms with Crippen LogP contribution in [0.2, 0.25) is 0 Å². The molecule has 1 N–H and O–H groups in total. The molecule has 2 aromatic carbocycles. The van der Waals surface area contributed by atoms with Crippen molar-refractivity contribution < 1.29 is 14.6 Å². The molecule has 2 unspecified atom stereocenters. The molecule has 2 aromatic heterocycles. The van der Waals surface area contributed by atoms with Gasteiger partial charge in [0.2, 0.25) is 5.78 Å². The maximum absolute atomic E-state index is 13.3. The Balaban J connectivity index is 1.10. The number of hydrogen-bond donors (Lipinski definition) is 1. The number of ether oxygens (including phenoxy) is 1. The molecule has 2 atom stereocenters. The number of piperidine rings is 1. The van der Waals surface area contributed by atoms with Gasteiger partial charge in [-0.25, -0.2) is 14.8 Å². The smallest absolute Gasteiger partial charge is 0.410 e. The summed E-state index contributed by atoms with van der Waals surface area (Å²) < 4.78 is 7.82. The van der Waals surface area contributed by atoms with Crippen LogP contribution in [0.5, 0.6) is 0 Å². The number of imidazole rings is 1. The number of fused-ring (bicyclic) bond motifs is 6. The molecule has 1 amide bonds. The van der Waals surface area contributed by atoms with E-state index in [1.165, 1.54) is 22.3 Å². The van der Waals surface area contributed by atoms with Gasteiger partial charge in [0, 0.05) is 43.2 Å². The summed E-state index contributed by atoms with van der Waals surface area (Å²) in [5, 5.41) is 11.7. The van der Waals surface area contributed by atoms with Crippen molar-refractivity contribution in [1.82, 2.24) is 19.3 Å². The number of hydrogen-bond acceptors (Lipinski definition) is 5. The Kier molecular flexibility index (Phi) is 4.51. The predicted molar refractivity (Wildman–Crippen MR) is 130 cm³/mol. The average molecular weight is 467 g/mol. The van der Waals surface area contributed by atoms with E-state index >= 15 is 0 Å². The van der Waals surface area contributed by atoms with E-state index in [1.54, 1.807) is 12.4 Å². The highest BCUT2D eigenvalue weighted by molar-refractivity contribution is 5.79. The van der Waals surface area contributed by atoms with E-state index in [4.69, 9.17) is 4.74 Å². The van der Waals surface area contributed by atoms with E-state index in [9.17, 15) is 9.90 Å². The van der Waals surface area contributed by atoms with Crippen molar-refractivity contribution in [3.63, 3.8) is 0 Å². The average Bonchev–Trinajstić information content (AvgIpc) is 3.54. The Hall–Kier alpha value is -3.71. The minimum atomic E-state index is -1.05. The van der Waals surface area contributed by atoms with Crippen molar-refractivity contribution in [3.8, 4) is 11.1 Å². The third-order valence-electron chi connectivity index (χ3n) is 8.08. The molecule has 4 aromatic rings. The molecule has 7 nitrogen and oxygen atoms in total. The van der Waals surface area contributed by atoms with Crippen LogP contribution in [0.25, 0.3) is 16.9 Å². The quantitative estimate of drug-likeness (QED) is 0.481. The zero-order valence-corrected chi connectivity index (χ0v) is 19.2. The molecular formula is C28H26N4O3. The van der Waals surface area contributed by atoms with E-state index in [0.717, 1.165) is 18.5 Å². The van der Waals surface area contributed by atoms with E-state index in [-0.39, 0.29) is 24.1 Å². The van der Waals surface area contributed by atoms with E-state index in [2.05, 4.69) is 46.4 Å². The second kappa shape index (κ2) is 7.65. The van der Waals surface area contributed by atoms with E-state index in [0.29, 0.717) is 25.2 Å². The van der Waals surface area contributed by atoms with Crippen LogP contribution in [0.4, 0.5) is 4.79 Å². The van der Waals surface area contributed by atoms with Crippen molar-refractivity contribution >= 4 is 11.9 Å². The number of carbonyl (C=O) groups excluding carboxylic acids is 1. The fourth-order valence-electron chi connectivity index (χ4n) is 6.57. The lowest BCUT2D eigenvalue weighted by atomic mass is 9.84. The first-order valence-corrected chi connectivity index (χ1v) is 12.3. The van der Waals surface area contributed by atoms with Gasteiger partial charge in [0.05, 0.1) is 11.9 Å². The third kappa shape index (κ3) is 3.11. The fourth-order valence-corrected chi connectivity index (χ4v) is 6.57. The Morgan fingerprint density at radius 3 is 2.31 bits per heavy atom. The van der Waals surface area contributed by atoms with Gasteiger partial charge in [-0.05, 0) is 41.2 Å². The van der Waals surface area contributed by atoms with Gasteiger partial charge in [-0.2, -0.15) is 0 Å². The minimum Gasteiger partial charge on any atom is -0.448 e. The number of aromatic nitrogens is 3. The summed E-state index contributed by atoms with van der Waals surface area (Å²) in [6.45, 7) is 0.312. The third-order valence-corrected chi connectivity index (χ3v) is 8.08. The van der Waals surface area contributed by atoms with Crippen LogP contribution in [0.15, 0.2) is 73.2 Å². The maximum Gasteiger partial charge on any atom is 0.410 e. The molecule has 7 heteroatoms. The molecule has 2 saturated heterocycles. The highest BCUT2D eigenvalue weighted by atomic mass is 16.6. The summed E-state index contributed by atoms with van der Waals surface area (Å²) in [5.74, 6) is 0.610. The van der Waals surface area contributed by atoms with E-state index in [1.807, 2.05) is 33.7 Å². The van der Waals surface area contributed by atoms with Crippen LogP contribution in [-0.2, 0) is 10.3 Å². The normalized spacial score (nSPS) is 25.0. The maximum atomic E-state index is 13.3. The Morgan fingerprint density at radius 1 is 0.971 bits per heavy atom. The van der Waals surface area contributed by atoms with Crippen molar-refractivity contribution in [2.24, 2.45) is 0 Å². The monoisotopic (exact) mass is 466 g/mol. The van der Waals surface area contributed by atoms with Gasteiger partial charge in [0.15, 0.2) is 0 Å². The Morgan fingerprint density at radius 2 is 1.63 bits per heavy atom. The van der Waals surface area contributed by atoms with Crippen LogP contribution in [0.3, 0.4) is 0 Å². The second-order valence-corrected chi connectivity index (χ2v) is 9.97. The number of carbonyl (C=O) groups is 1.